The second kappa shape index (κ2) is 7.02. The molecule has 1 unspecified atom stereocenters. The first-order valence-electron chi connectivity index (χ1n) is 6.45. The van der Waals surface area contributed by atoms with Gasteiger partial charge in [-0.05, 0) is 43.2 Å². The summed E-state index contributed by atoms with van der Waals surface area (Å²) in [5, 5.41) is 0.766. The summed E-state index contributed by atoms with van der Waals surface area (Å²) in [7, 11) is 1.68. The molecule has 0 bridgehead atoms. The van der Waals surface area contributed by atoms with Gasteiger partial charge in [-0.25, -0.2) is 0 Å². The highest BCUT2D eigenvalue weighted by Crippen LogP contribution is 2.36. The summed E-state index contributed by atoms with van der Waals surface area (Å²) in [6, 6.07) is 14.2. The van der Waals surface area contributed by atoms with E-state index in [1.165, 1.54) is 0 Å². The van der Waals surface area contributed by atoms with Gasteiger partial charge in [-0.1, -0.05) is 41.6 Å². The summed E-state index contributed by atoms with van der Waals surface area (Å²) < 4.78 is 5.35. The molecule has 0 heterocycles. The van der Waals surface area contributed by atoms with Crippen molar-refractivity contribution < 1.29 is 4.74 Å². The van der Waals surface area contributed by atoms with E-state index in [1.807, 2.05) is 43.3 Å². The van der Waals surface area contributed by atoms with Crippen molar-refractivity contribution >= 4 is 23.4 Å². The van der Waals surface area contributed by atoms with E-state index in [-0.39, 0.29) is 6.04 Å². The van der Waals surface area contributed by atoms with Gasteiger partial charge < -0.3 is 10.5 Å². The van der Waals surface area contributed by atoms with Gasteiger partial charge in [0.05, 0.1) is 12.0 Å². The third-order valence-electron chi connectivity index (χ3n) is 2.86. The fourth-order valence-electron chi connectivity index (χ4n) is 1.93. The molecule has 0 aliphatic heterocycles. The summed E-state index contributed by atoms with van der Waals surface area (Å²) in [6.07, 6.45) is 0.790. The van der Waals surface area contributed by atoms with Gasteiger partial charge in [0.1, 0.15) is 5.75 Å². The number of methoxy groups -OCH3 is 1. The molecular weight excluding hydrogens is 290 g/mol. The molecule has 0 amide bonds. The van der Waals surface area contributed by atoms with Crippen LogP contribution in [0.3, 0.4) is 0 Å². The minimum atomic E-state index is 0.111. The first kappa shape index (κ1) is 15.2. The second-order valence-corrected chi connectivity index (χ2v) is 6.21. The number of halogens is 1. The normalized spacial score (nSPS) is 12.2. The van der Waals surface area contributed by atoms with Crippen LogP contribution in [0.2, 0.25) is 5.02 Å². The average Bonchev–Trinajstić information content (AvgIpc) is 2.42. The molecule has 20 heavy (non-hydrogen) atoms. The Hall–Kier alpha value is -1.16. The van der Waals surface area contributed by atoms with E-state index >= 15 is 0 Å². The van der Waals surface area contributed by atoms with Crippen molar-refractivity contribution in [3.63, 3.8) is 0 Å². The number of rotatable bonds is 5. The SMILES string of the molecule is COc1ccccc1Sc1ccc(CC(C)N)c(Cl)c1. The molecule has 4 heteroatoms. The van der Waals surface area contributed by atoms with Crippen LogP contribution in [-0.2, 0) is 6.42 Å². The smallest absolute Gasteiger partial charge is 0.132 e. The molecule has 2 aromatic rings. The van der Waals surface area contributed by atoms with E-state index in [1.54, 1.807) is 18.9 Å². The lowest BCUT2D eigenvalue weighted by Crippen LogP contribution is -2.17. The van der Waals surface area contributed by atoms with E-state index in [4.69, 9.17) is 22.1 Å². The number of ether oxygens (including phenoxy) is 1. The minimum absolute atomic E-state index is 0.111. The largest absolute Gasteiger partial charge is 0.496 e. The van der Waals surface area contributed by atoms with Crippen LogP contribution in [0, 0.1) is 0 Å². The van der Waals surface area contributed by atoms with Gasteiger partial charge in [-0.3, -0.25) is 0 Å². The number of para-hydroxylation sites is 1. The fourth-order valence-corrected chi connectivity index (χ4v) is 3.22. The molecular formula is C16H18ClNOS. The first-order chi connectivity index (χ1) is 9.60. The lowest BCUT2D eigenvalue weighted by molar-refractivity contribution is 0.405. The summed E-state index contributed by atoms with van der Waals surface area (Å²) in [4.78, 5) is 2.17. The highest BCUT2D eigenvalue weighted by Gasteiger charge is 2.08. The van der Waals surface area contributed by atoms with E-state index in [9.17, 15) is 0 Å². The molecule has 2 nitrogen and oxygen atoms in total. The number of nitrogens with two attached hydrogens (primary N) is 1. The Morgan fingerprint density at radius 2 is 2.00 bits per heavy atom. The van der Waals surface area contributed by atoms with Crippen molar-refractivity contribution in [2.45, 2.75) is 29.2 Å². The van der Waals surface area contributed by atoms with E-state index in [0.29, 0.717) is 0 Å². The Kier molecular flexibility index (Phi) is 5.35. The molecule has 2 aromatic carbocycles. The zero-order chi connectivity index (χ0) is 14.5. The molecule has 0 fully saturated rings. The van der Waals surface area contributed by atoms with Crippen molar-refractivity contribution in [1.29, 1.82) is 0 Å². The zero-order valence-electron chi connectivity index (χ0n) is 11.6. The molecule has 0 aliphatic carbocycles. The van der Waals surface area contributed by atoms with Crippen molar-refractivity contribution in [1.82, 2.24) is 0 Å². The lowest BCUT2D eigenvalue weighted by Gasteiger charge is -2.11. The van der Waals surface area contributed by atoms with Crippen LogP contribution in [0.1, 0.15) is 12.5 Å². The standard InChI is InChI=1S/C16H18ClNOS/c1-11(18)9-12-7-8-13(10-14(12)17)20-16-6-4-3-5-15(16)19-2/h3-8,10-11H,9,18H2,1-2H3. The lowest BCUT2D eigenvalue weighted by atomic mass is 10.1. The zero-order valence-corrected chi connectivity index (χ0v) is 13.2. The predicted octanol–water partition coefficient (Wildman–Crippen LogP) is 4.39. The number of benzene rings is 2. The Bertz CT molecular complexity index is 586. The van der Waals surface area contributed by atoms with Crippen molar-refractivity contribution in [2.24, 2.45) is 5.73 Å². The molecule has 1 atom stereocenters. The summed E-state index contributed by atoms with van der Waals surface area (Å²) in [6.45, 7) is 1.98. The molecule has 0 spiro atoms. The maximum atomic E-state index is 6.31. The summed E-state index contributed by atoms with van der Waals surface area (Å²) >= 11 is 7.95. The van der Waals surface area contributed by atoms with Gasteiger partial charge in [0.15, 0.2) is 0 Å². The molecule has 0 aromatic heterocycles. The highest BCUT2D eigenvalue weighted by atomic mass is 35.5. The predicted molar refractivity (Wildman–Crippen MR) is 85.9 cm³/mol. The molecule has 2 N–H and O–H groups in total. The van der Waals surface area contributed by atoms with Crippen LogP contribution < -0.4 is 10.5 Å². The topological polar surface area (TPSA) is 35.2 Å². The van der Waals surface area contributed by atoms with Gasteiger partial charge in [-0.15, -0.1) is 0 Å². The van der Waals surface area contributed by atoms with Gasteiger partial charge in [0.25, 0.3) is 0 Å². The monoisotopic (exact) mass is 307 g/mol. The molecule has 0 saturated heterocycles. The van der Waals surface area contributed by atoms with E-state index < -0.39 is 0 Å². The Morgan fingerprint density at radius 3 is 2.65 bits per heavy atom. The molecule has 0 radical (unpaired) electrons. The molecule has 0 saturated carbocycles. The molecule has 106 valence electrons. The quantitative estimate of drug-likeness (QED) is 0.890. The molecule has 2 rings (SSSR count). The minimum Gasteiger partial charge on any atom is -0.496 e. The molecule has 0 aliphatic rings. The number of hydrogen-bond donors (Lipinski definition) is 1. The van der Waals surface area contributed by atoms with Gasteiger partial charge >= 0.3 is 0 Å². The van der Waals surface area contributed by atoms with Crippen LogP contribution in [0.4, 0.5) is 0 Å². The Balaban J connectivity index is 2.20. The van der Waals surface area contributed by atoms with E-state index in [2.05, 4.69) is 6.07 Å². The second-order valence-electron chi connectivity index (χ2n) is 4.69. The Morgan fingerprint density at radius 1 is 1.25 bits per heavy atom. The maximum absolute atomic E-state index is 6.31. The third-order valence-corrected chi connectivity index (χ3v) is 4.26. The van der Waals surface area contributed by atoms with Gasteiger partial charge in [-0.2, -0.15) is 0 Å². The van der Waals surface area contributed by atoms with Gasteiger partial charge in [0, 0.05) is 16.0 Å². The van der Waals surface area contributed by atoms with Gasteiger partial charge in [0.2, 0.25) is 0 Å². The summed E-state index contributed by atoms with van der Waals surface area (Å²) in [5.74, 6) is 0.869. The Labute approximate surface area is 129 Å². The summed E-state index contributed by atoms with van der Waals surface area (Å²) in [5.41, 5.74) is 6.90. The van der Waals surface area contributed by atoms with E-state index in [0.717, 1.165) is 32.5 Å². The average molecular weight is 308 g/mol. The van der Waals surface area contributed by atoms with Crippen molar-refractivity contribution in [3.05, 3.63) is 53.1 Å². The van der Waals surface area contributed by atoms with Crippen LogP contribution >= 0.6 is 23.4 Å². The highest BCUT2D eigenvalue weighted by molar-refractivity contribution is 7.99. The fraction of sp³-hybridized carbons (Fsp3) is 0.250. The van der Waals surface area contributed by atoms with Crippen molar-refractivity contribution in [3.8, 4) is 5.75 Å². The third kappa shape index (κ3) is 3.92. The number of hydrogen-bond acceptors (Lipinski definition) is 3. The van der Waals surface area contributed by atoms with Crippen LogP contribution in [0.5, 0.6) is 5.75 Å². The van der Waals surface area contributed by atoms with Crippen LogP contribution in [-0.4, -0.2) is 13.2 Å². The van der Waals surface area contributed by atoms with Crippen molar-refractivity contribution in [2.75, 3.05) is 7.11 Å². The maximum Gasteiger partial charge on any atom is 0.132 e. The van der Waals surface area contributed by atoms with Crippen LogP contribution in [0.15, 0.2) is 52.3 Å². The van der Waals surface area contributed by atoms with Crippen LogP contribution in [0.25, 0.3) is 0 Å². The first-order valence-corrected chi connectivity index (χ1v) is 7.64.